The van der Waals surface area contributed by atoms with E-state index in [1.807, 2.05) is 54.2 Å². The fourth-order valence-corrected chi connectivity index (χ4v) is 2.26. The van der Waals surface area contributed by atoms with E-state index in [-0.39, 0.29) is 0 Å². The van der Waals surface area contributed by atoms with Crippen LogP contribution in [0.1, 0.15) is 11.4 Å². The first-order chi connectivity index (χ1) is 9.24. The van der Waals surface area contributed by atoms with Crippen LogP contribution in [-0.4, -0.2) is 14.8 Å². The fourth-order valence-electron chi connectivity index (χ4n) is 2.26. The highest BCUT2D eigenvalue weighted by molar-refractivity contribution is 5.90. The second-order valence-electron chi connectivity index (χ2n) is 4.67. The largest absolute Gasteiger partial charge is 0.398 e. The van der Waals surface area contributed by atoms with E-state index in [1.165, 1.54) is 0 Å². The zero-order valence-electron chi connectivity index (χ0n) is 10.9. The van der Waals surface area contributed by atoms with Gasteiger partial charge in [-0.15, -0.1) is 0 Å². The SMILES string of the molecule is Cc1cccc(CCn2ncc3c(N)cccc32)n1. The summed E-state index contributed by atoms with van der Waals surface area (Å²) in [4.78, 5) is 4.50. The van der Waals surface area contributed by atoms with E-state index in [0.717, 1.165) is 40.9 Å². The van der Waals surface area contributed by atoms with E-state index in [4.69, 9.17) is 5.73 Å². The lowest BCUT2D eigenvalue weighted by Crippen LogP contribution is -2.04. The molecule has 19 heavy (non-hydrogen) atoms. The number of aromatic nitrogens is 3. The van der Waals surface area contributed by atoms with E-state index < -0.39 is 0 Å². The number of pyridine rings is 1. The van der Waals surface area contributed by atoms with Gasteiger partial charge in [-0.2, -0.15) is 5.10 Å². The standard InChI is InChI=1S/C15H16N4/c1-11-4-2-5-12(18-11)8-9-19-15-7-3-6-14(16)13(15)10-17-19/h2-7,10H,8-9,16H2,1H3. The van der Waals surface area contributed by atoms with E-state index in [1.54, 1.807) is 0 Å². The normalized spacial score (nSPS) is 11.0. The predicted molar refractivity (Wildman–Crippen MR) is 76.8 cm³/mol. The van der Waals surface area contributed by atoms with Crippen LogP contribution in [-0.2, 0) is 13.0 Å². The third-order valence-electron chi connectivity index (χ3n) is 3.25. The summed E-state index contributed by atoms with van der Waals surface area (Å²) in [7, 11) is 0. The van der Waals surface area contributed by atoms with Crippen LogP contribution < -0.4 is 5.73 Å². The molecule has 2 N–H and O–H groups in total. The second kappa shape index (κ2) is 4.72. The molecule has 0 atom stereocenters. The Balaban J connectivity index is 1.84. The molecule has 0 saturated heterocycles. The summed E-state index contributed by atoms with van der Waals surface area (Å²) in [5.74, 6) is 0. The van der Waals surface area contributed by atoms with Gasteiger partial charge in [0, 0.05) is 35.4 Å². The first-order valence-corrected chi connectivity index (χ1v) is 6.36. The molecule has 2 heterocycles. The molecule has 0 fully saturated rings. The summed E-state index contributed by atoms with van der Waals surface area (Å²) in [5.41, 5.74) is 9.92. The van der Waals surface area contributed by atoms with Crippen LogP contribution >= 0.6 is 0 Å². The Morgan fingerprint density at radius 1 is 1.16 bits per heavy atom. The number of hydrogen-bond acceptors (Lipinski definition) is 3. The summed E-state index contributed by atoms with van der Waals surface area (Å²) in [5, 5.41) is 5.42. The van der Waals surface area contributed by atoms with Gasteiger partial charge in [0.05, 0.1) is 11.7 Å². The zero-order chi connectivity index (χ0) is 13.2. The first kappa shape index (κ1) is 11.7. The molecule has 3 rings (SSSR count). The second-order valence-corrected chi connectivity index (χ2v) is 4.67. The Morgan fingerprint density at radius 3 is 2.84 bits per heavy atom. The smallest absolute Gasteiger partial charge is 0.0703 e. The topological polar surface area (TPSA) is 56.7 Å². The Kier molecular flexibility index (Phi) is 2.91. The fraction of sp³-hybridized carbons (Fsp3) is 0.200. The minimum absolute atomic E-state index is 0.775. The maximum absolute atomic E-state index is 5.93. The number of rotatable bonds is 3. The number of nitrogens with two attached hydrogens (primary N) is 1. The number of nitrogen functional groups attached to an aromatic ring is 1. The van der Waals surface area contributed by atoms with Gasteiger partial charge in [-0.1, -0.05) is 12.1 Å². The maximum atomic E-state index is 5.93. The third kappa shape index (κ3) is 2.29. The van der Waals surface area contributed by atoms with Crippen LogP contribution in [0.2, 0.25) is 0 Å². The molecule has 0 aliphatic carbocycles. The van der Waals surface area contributed by atoms with Crippen molar-refractivity contribution in [2.24, 2.45) is 0 Å². The molecule has 0 spiro atoms. The quantitative estimate of drug-likeness (QED) is 0.729. The third-order valence-corrected chi connectivity index (χ3v) is 3.25. The van der Waals surface area contributed by atoms with Crippen molar-refractivity contribution in [3.63, 3.8) is 0 Å². The minimum Gasteiger partial charge on any atom is -0.398 e. The molecule has 2 aromatic heterocycles. The van der Waals surface area contributed by atoms with E-state index in [0.29, 0.717) is 0 Å². The van der Waals surface area contributed by atoms with Crippen molar-refractivity contribution in [3.8, 4) is 0 Å². The zero-order valence-corrected chi connectivity index (χ0v) is 10.9. The monoisotopic (exact) mass is 252 g/mol. The highest BCUT2D eigenvalue weighted by Gasteiger charge is 2.05. The molecule has 4 heteroatoms. The molecule has 3 aromatic rings. The van der Waals surface area contributed by atoms with Gasteiger partial charge in [0.15, 0.2) is 0 Å². The summed E-state index contributed by atoms with van der Waals surface area (Å²) in [6.45, 7) is 2.82. The molecule has 0 unspecified atom stereocenters. The number of anilines is 1. The van der Waals surface area contributed by atoms with Crippen LogP contribution in [0.15, 0.2) is 42.6 Å². The maximum Gasteiger partial charge on any atom is 0.0703 e. The molecular formula is C15H16N4. The molecule has 1 aromatic carbocycles. The van der Waals surface area contributed by atoms with Gasteiger partial charge in [0.1, 0.15) is 0 Å². The van der Waals surface area contributed by atoms with E-state index in [2.05, 4.69) is 10.1 Å². The summed E-state index contributed by atoms with van der Waals surface area (Å²) >= 11 is 0. The Bertz CT molecular complexity index is 715. The van der Waals surface area contributed by atoms with Crippen molar-refractivity contribution >= 4 is 16.6 Å². The summed E-state index contributed by atoms with van der Waals surface area (Å²) in [6, 6.07) is 12.0. The number of aryl methyl sites for hydroxylation is 3. The lowest BCUT2D eigenvalue weighted by molar-refractivity contribution is 0.627. The molecule has 0 amide bonds. The number of fused-ring (bicyclic) bond motifs is 1. The molecule has 96 valence electrons. The lowest BCUT2D eigenvalue weighted by Gasteiger charge is -2.04. The van der Waals surface area contributed by atoms with Gasteiger partial charge in [-0.3, -0.25) is 9.67 Å². The number of benzene rings is 1. The van der Waals surface area contributed by atoms with Gasteiger partial charge < -0.3 is 5.73 Å². The average molecular weight is 252 g/mol. The van der Waals surface area contributed by atoms with Crippen LogP contribution in [0.25, 0.3) is 10.9 Å². The van der Waals surface area contributed by atoms with Crippen LogP contribution in [0.4, 0.5) is 5.69 Å². The highest BCUT2D eigenvalue weighted by atomic mass is 15.3. The Labute approximate surface area is 111 Å². The number of hydrogen-bond donors (Lipinski definition) is 1. The van der Waals surface area contributed by atoms with Gasteiger partial charge in [-0.25, -0.2) is 0 Å². The first-order valence-electron chi connectivity index (χ1n) is 6.36. The molecule has 0 aliphatic heterocycles. The molecule has 0 saturated carbocycles. The van der Waals surface area contributed by atoms with Gasteiger partial charge in [0.25, 0.3) is 0 Å². The lowest BCUT2D eigenvalue weighted by atomic mass is 10.2. The van der Waals surface area contributed by atoms with Crippen molar-refractivity contribution in [1.82, 2.24) is 14.8 Å². The van der Waals surface area contributed by atoms with E-state index >= 15 is 0 Å². The molecule has 0 bridgehead atoms. The minimum atomic E-state index is 0.775. The Hall–Kier alpha value is -2.36. The van der Waals surface area contributed by atoms with Gasteiger partial charge >= 0.3 is 0 Å². The summed E-state index contributed by atoms with van der Waals surface area (Å²) < 4.78 is 1.98. The number of nitrogens with zero attached hydrogens (tertiary/aromatic N) is 3. The van der Waals surface area contributed by atoms with Crippen LogP contribution in [0.5, 0.6) is 0 Å². The van der Waals surface area contributed by atoms with Crippen molar-refractivity contribution < 1.29 is 0 Å². The molecule has 0 radical (unpaired) electrons. The van der Waals surface area contributed by atoms with Gasteiger partial charge in [0.2, 0.25) is 0 Å². The highest BCUT2D eigenvalue weighted by Crippen LogP contribution is 2.20. The van der Waals surface area contributed by atoms with Crippen molar-refractivity contribution in [1.29, 1.82) is 0 Å². The predicted octanol–water partition coefficient (Wildman–Crippen LogP) is 2.56. The van der Waals surface area contributed by atoms with Crippen molar-refractivity contribution in [3.05, 3.63) is 54.0 Å². The van der Waals surface area contributed by atoms with Crippen molar-refractivity contribution in [2.45, 2.75) is 19.9 Å². The summed E-state index contributed by atoms with van der Waals surface area (Å²) in [6.07, 6.45) is 2.70. The average Bonchev–Trinajstić information content (AvgIpc) is 2.81. The molecular weight excluding hydrogens is 236 g/mol. The van der Waals surface area contributed by atoms with Crippen LogP contribution in [0, 0.1) is 6.92 Å². The van der Waals surface area contributed by atoms with Gasteiger partial charge in [-0.05, 0) is 31.2 Å². The Morgan fingerprint density at radius 2 is 2.00 bits per heavy atom. The van der Waals surface area contributed by atoms with Crippen LogP contribution in [0.3, 0.4) is 0 Å². The van der Waals surface area contributed by atoms with Crippen molar-refractivity contribution in [2.75, 3.05) is 5.73 Å². The molecule has 0 aliphatic rings. The molecule has 4 nitrogen and oxygen atoms in total. The van der Waals surface area contributed by atoms with E-state index in [9.17, 15) is 0 Å².